The average Bonchev–Trinajstić information content (AvgIpc) is 2.27. The van der Waals surface area contributed by atoms with Crippen LogP contribution in [0.5, 0.6) is 0 Å². The number of nitrogens with zero attached hydrogens (tertiary/aromatic N) is 1. The van der Waals surface area contributed by atoms with Crippen molar-refractivity contribution < 1.29 is 9.84 Å². The van der Waals surface area contributed by atoms with Gasteiger partial charge in [-0.3, -0.25) is 0 Å². The fourth-order valence-electron chi connectivity index (χ4n) is 1.57. The maximum atomic E-state index is 9.79. The van der Waals surface area contributed by atoms with Crippen LogP contribution in [0.15, 0.2) is 0 Å². The summed E-state index contributed by atoms with van der Waals surface area (Å²) in [5.74, 6) is 0.725. The summed E-state index contributed by atoms with van der Waals surface area (Å²) in [5.41, 5.74) is 0.0951. The molecule has 0 fully saturated rings. The largest absolute Gasteiger partial charge is 0.389 e. The van der Waals surface area contributed by atoms with Crippen molar-refractivity contribution in [1.29, 1.82) is 0 Å². The maximum absolute atomic E-state index is 9.79. The van der Waals surface area contributed by atoms with Crippen molar-refractivity contribution in [3.05, 3.63) is 0 Å². The Morgan fingerprint density at radius 2 is 1.89 bits per heavy atom. The van der Waals surface area contributed by atoms with E-state index >= 15 is 0 Å². The van der Waals surface area contributed by atoms with Crippen LogP contribution in [0.1, 0.15) is 40.5 Å². The van der Waals surface area contributed by atoms with Gasteiger partial charge in [-0.15, -0.1) is 0 Å². The van der Waals surface area contributed by atoms with E-state index in [0.717, 1.165) is 25.5 Å². The number of nitrogens with one attached hydrogen (secondary N) is 1. The second-order valence-corrected chi connectivity index (χ2v) is 6.60. The van der Waals surface area contributed by atoms with Crippen LogP contribution in [0.2, 0.25) is 0 Å². The van der Waals surface area contributed by atoms with Crippen molar-refractivity contribution >= 4 is 0 Å². The first kappa shape index (κ1) is 18.8. The molecule has 0 radical (unpaired) electrons. The number of aliphatic hydroxyl groups is 1. The van der Waals surface area contributed by atoms with E-state index in [2.05, 4.69) is 52.0 Å². The molecule has 1 unspecified atom stereocenters. The fraction of sp³-hybridized carbons (Fsp3) is 1.00. The zero-order valence-electron chi connectivity index (χ0n) is 13.7. The first-order chi connectivity index (χ1) is 8.75. The van der Waals surface area contributed by atoms with Gasteiger partial charge in [0, 0.05) is 25.2 Å². The van der Waals surface area contributed by atoms with Gasteiger partial charge in [0.2, 0.25) is 0 Å². The molecular weight excluding hydrogens is 240 g/mol. The molecule has 0 aromatic carbocycles. The summed E-state index contributed by atoms with van der Waals surface area (Å²) in [7, 11) is 4.13. The van der Waals surface area contributed by atoms with Gasteiger partial charge in [-0.2, -0.15) is 0 Å². The Bertz CT molecular complexity index is 218. The minimum absolute atomic E-state index is 0.0951. The lowest BCUT2D eigenvalue weighted by Crippen LogP contribution is -2.48. The number of ether oxygens (including phenoxy) is 1. The third-order valence-electron chi connectivity index (χ3n) is 3.53. The van der Waals surface area contributed by atoms with Gasteiger partial charge >= 0.3 is 0 Å². The van der Waals surface area contributed by atoms with E-state index in [9.17, 15) is 5.11 Å². The fourth-order valence-corrected chi connectivity index (χ4v) is 1.57. The molecule has 0 saturated heterocycles. The van der Waals surface area contributed by atoms with Crippen LogP contribution in [-0.4, -0.2) is 62.0 Å². The van der Waals surface area contributed by atoms with E-state index in [1.54, 1.807) is 0 Å². The van der Waals surface area contributed by atoms with Crippen LogP contribution in [0.25, 0.3) is 0 Å². The highest BCUT2D eigenvalue weighted by atomic mass is 16.5. The molecule has 116 valence electrons. The molecular formula is C15H34N2O2. The molecule has 0 saturated carbocycles. The predicted molar refractivity (Wildman–Crippen MR) is 81.5 cm³/mol. The predicted octanol–water partition coefficient (Wildman–Crippen LogP) is 1.73. The Hall–Kier alpha value is -0.160. The minimum Gasteiger partial charge on any atom is -0.389 e. The Morgan fingerprint density at radius 3 is 2.42 bits per heavy atom. The highest BCUT2D eigenvalue weighted by molar-refractivity contribution is 4.80. The van der Waals surface area contributed by atoms with Crippen LogP contribution in [-0.2, 0) is 4.74 Å². The lowest BCUT2D eigenvalue weighted by molar-refractivity contribution is 0.0331. The van der Waals surface area contributed by atoms with E-state index in [-0.39, 0.29) is 5.54 Å². The molecule has 19 heavy (non-hydrogen) atoms. The monoisotopic (exact) mass is 274 g/mol. The summed E-state index contributed by atoms with van der Waals surface area (Å²) in [6, 6.07) is 0. The second kappa shape index (κ2) is 9.70. The molecule has 0 aromatic heterocycles. The molecule has 4 heteroatoms. The Labute approximate surface area is 119 Å². The summed E-state index contributed by atoms with van der Waals surface area (Å²) in [5, 5.41) is 13.1. The molecule has 0 aliphatic rings. The number of rotatable bonds is 11. The van der Waals surface area contributed by atoms with Gasteiger partial charge in [0.05, 0.1) is 12.7 Å². The molecule has 0 bridgehead atoms. The van der Waals surface area contributed by atoms with Crippen LogP contribution >= 0.6 is 0 Å². The SMILES string of the molecule is CC(C)CCCOCC(O)CNCC(C)(C)N(C)C. The smallest absolute Gasteiger partial charge is 0.0897 e. The quantitative estimate of drug-likeness (QED) is 0.563. The van der Waals surface area contributed by atoms with E-state index in [0.29, 0.717) is 13.2 Å². The van der Waals surface area contributed by atoms with Crippen LogP contribution in [0, 0.1) is 5.92 Å². The van der Waals surface area contributed by atoms with Crippen molar-refractivity contribution in [2.24, 2.45) is 5.92 Å². The zero-order valence-corrected chi connectivity index (χ0v) is 13.7. The van der Waals surface area contributed by atoms with Crippen LogP contribution < -0.4 is 5.32 Å². The van der Waals surface area contributed by atoms with Gasteiger partial charge in [-0.25, -0.2) is 0 Å². The summed E-state index contributed by atoms with van der Waals surface area (Å²) >= 11 is 0. The third-order valence-corrected chi connectivity index (χ3v) is 3.53. The average molecular weight is 274 g/mol. The Balaban J connectivity index is 3.52. The standard InChI is InChI=1S/C15H34N2O2/c1-13(2)8-7-9-19-11-14(18)10-16-12-15(3,4)17(5)6/h13-14,16,18H,7-12H2,1-6H3. The van der Waals surface area contributed by atoms with Gasteiger partial charge in [0.25, 0.3) is 0 Å². The molecule has 1 atom stereocenters. The number of hydrogen-bond donors (Lipinski definition) is 2. The normalized spacial score (nSPS) is 14.4. The van der Waals surface area contributed by atoms with Gasteiger partial charge < -0.3 is 20.1 Å². The molecule has 0 spiro atoms. The van der Waals surface area contributed by atoms with E-state index in [1.165, 1.54) is 6.42 Å². The number of likely N-dealkylation sites (N-methyl/N-ethyl adjacent to an activating group) is 1. The Kier molecular flexibility index (Phi) is 9.62. The molecule has 0 aromatic rings. The number of hydrogen-bond acceptors (Lipinski definition) is 4. The molecule has 0 aliphatic carbocycles. The molecule has 0 heterocycles. The van der Waals surface area contributed by atoms with Crippen molar-refractivity contribution in [3.8, 4) is 0 Å². The first-order valence-corrected chi connectivity index (χ1v) is 7.39. The molecule has 2 N–H and O–H groups in total. The van der Waals surface area contributed by atoms with Gasteiger partial charge in [0.1, 0.15) is 0 Å². The topological polar surface area (TPSA) is 44.7 Å². The van der Waals surface area contributed by atoms with Gasteiger partial charge in [-0.05, 0) is 46.7 Å². The van der Waals surface area contributed by atoms with E-state index in [4.69, 9.17) is 4.74 Å². The zero-order chi connectivity index (χ0) is 14.9. The number of aliphatic hydroxyl groups excluding tert-OH is 1. The second-order valence-electron chi connectivity index (χ2n) is 6.60. The van der Waals surface area contributed by atoms with E-state index in [1.807, 2.05) is 0 Å². The first-order valence-electron chi connectivity index (χ1n) is 7.39. The van der Waals surface area contributed by atoms with Gasteiger partial charge in [-0.1, -0.05) is 13.8 Å². The highest BCUT2D eigenvalue weighted by Crippen LogP contribution is 2.07. The van der Waals surface area contributed by atoms with Crippen molar-refractivity contribution in [2.45, 2.75) is 52.2 Å². The highest BCUT2D eigenvalue weighted by Gasteiger charge is 2.19. The third kappa shape index (κ3) is 10.3. The van der Waals surface area contributed by atoms with Crippen LogP contribution in [0.3, 0.4) is 0 Å². The minimum atomic E-state index is -0.419. The van der Waals surface area contributed by atoms with Gasteiger partial charge in [0.15, 0.2) is 0 Å². The van der Waals surface area contributed by atoms with Crippen LogP contribution in [0.4, 0.5) is 0 Å². The molecule has 0 amide bonds. The van der Waals surface area contributed by atoms with Crippen molar-refractivity contribution in [3.63, 3.8) is 0 Å². The lowest BCUT2D eigenvalue weighted by atomic mass is 10.0. The summed E-state index contributed by atoms with van der Waals surface area (Å²) in [4.78, 5) is 2.18. The molecule has 0 aliphatic heterocycles. The molecule has 4 nitrogen and oxygen atoms in total. The van der Waals surface area contributed by atoms with Crippen molar-refractivity contribution in [1.82, 2.24) is 10.2 Å². The Morgan fingerprint density at radius 1 is 1.26 bits per heavy atom. The lowest BCUT2D eigenvalue weighted by Gasteiger charge is -2.33. The molecule has 0 rings (SSSR count). The maximum Gasteiger partial charge on any atom is 0.0897 e. The summed E-state index contributed by atoms with van der Waals surface area (Å²) < 4.78 is 5.48. The van der Waals surface area contributed by atoms with Crippen molar-refractivity contribution in [2.75, 3.05) is 40.4 Å². The summed E-state index contributed by atoms with van der Waals surface area (Å²) in [6.07, 6.45) is 1.84. The van der Waals surface area contributed by atoms with E-state index < -0.39 is 6.10 Å². The summed E-state index contributed by atoms with van der Waals surface area (Å²) in [6.45, 7) is 11.4.